The number of H-pyrrole nitrogens is 1. The molecule has 0 saturated carbocycles. The Kier molecular flexibility index (Phi) is 2.39. The first-order valence-corrected chi connectivity index (χ1v) is 3.46. The number of hydrogen-bond acceptors (Lipinski definition) is 4. The van der Waals surface area contributed by atoms with E-state index in [0.29, 0.717) is 12.1 Å². The van der Waals surface area contributed by atoms with Gasteiger partial charge in [0.1, 0.15) is 0 Å². The molecule has 2 N–H and O–H groups in total. The molecule has 0 aliphatic heterocycles. The number of hydrogen-bond donors (Lipinski definition) is 2. The van der Waals surface area contributed by atoms with Crippen LogP contribution in [0.25, 0.3) is 0 Å². The Morgan fingerprint density at radius 2 is 2.58 bits per heavy atom. The standard InChI is InChI=1S/C6H9N3O3/c1-4(10)2-5-3-6(8-7-5)9(11)12/h3-4,10H,2H2,1H3,(H,7,8). The number of aliphatic hydroxyl groups is 1. The number of aromatic nitrogens is 2. The van der Waals surface area contributed by atoms with Gasteiger partial charge in [-0.25, -0.2) is 0 Å². The molecule has 1 atom stereocenters. The number of nitro groups is 1. The van der Waals surface area contributed by atoms with E-state index in [1.807, 2.05) is 0 Å². The highest BCUT2D eigenvalue weighted by molar-refractivity contribution is 5.20. The quantitative estimate of drug-likeness (QED) is 0.503. The van der Waals surface area contributed by atoms with Gasteiger partial charge in [0.15, 0.2) is 0 Å². The van der Waals surface area contributed by atoms with Crippen molar-refractivity contribution in [1.82, 2.24) is 10.2 Å². The molecule has 1 heterocycles. The van der Waals surface area contributed by atoms with Crippen LogP contribution in [-0.4, -0.2) is 26.3 Å². The predicted octanol–water partition coefficient (Wildman–Crippen LogP) is 0.241. The molecule has 6 heteroatoms. The van der Waals surface area contributed by atoms with Crippen molar-refractivity contribution in [2.45, 2.75) is 19.4 Å². The van der Waals surface area contributed by atoms with Crippen LogP contribution >= 0.6 is 0 Å². The topological polar surface area (TPSA) is 92.0 Å². The van der Waals surface area contributed by atoms with Crippen LogP contribution in [0.1, 0.15) is 12.6 Å². The Labute approximate surface area is 68.4 Å². The molecule has 66 valence electrons. The lowest BCUT2D eigenvalue weighted by atomic mass is 10.2. The normalized spacial score (nSPS) is 12.8. The third-order valence-electron chi connectivity index (χ3n) is 1.32. The van der Waals surface area contributed by atoms with E-state index in [0.717, 1.165) is 0 Å². The lowest BCUT2D eigenvalue weighted by Gasteiger charge is -1.96. The summed E-state index contributed by atoms with van der Waals surface area (Å²) >= 11 is 0. The van der Waals surface area contributed by atoms with Crippen molar-refractivity contribution in [3.8, 4) is 0 Å². The fourth-order valence-electron chi connectivity index (χ4n) is 0.852. The minimum absolute atomic E-state index is 0.148. The highest BCUT2D eigenvalue weighted by Crippen LogP contribution is 2.09. The highest BCUT2D eigenvalue weighted by Gasteiger charge is 2.10. The van der Waals surface area contributed by atoms with Gasteiger partial charge < -0.3 is 15.2 Å². The van der Waals surface area contributed by atoms with Gasteiger partial charge in [0.2, 0.25) is 0 Å². The van der Waals surface area contributed by atoms with Crippen LogP contribution in [0.4, 0.5) is 5.82 Å². The van der Waals surface area contributed by atoms with Gasteiger partial charge in [0.05, 0.1) is 17.9 Å². The van der Waals surface area contributed by atoms with Crippen molar-refractivity contribution >= 4 is 5.82 Å². The summed E-state index contributed by atoms with van der Waals surface area (Å²) in [5, 5.41) is 25.0. The maximum atomic E-state index is 10.2. The molecule has 0 fully saturated rings. The molecule has 12 heavy (non-hydrogen) atoms. The molecule has 0 spiro atoms. The third-order valence-corrected chi connectivity index (χ3v) is 1.32. The lowest BCUT2D eigenvalue weighted by molar-refractivity contribution is -0.389. The second-order valence-electron chi connectivity index (χ2n) is 2.55. The Morgan fingerprint density at radius 3 is 3.00 bits per heavy atom. The minimum Gasteiger partial charge on any atom is -0.393 e. The molecule has 0 aliphatic carbocycles. The van der Waals surface area contributed by atoms with Crippen molar-refractivity contribution in [1.29, 1.82) is 0 Å². The van der Waals surface area contributed by atoms with Crippen LogP contribution in [0.2, 0.25) is 0 Å². The van der Waals surface area contributed by atoms with Gasteiger partial charge in [0.25, 0.3) is 0 Å². The van der Waals surface area contributed by atoms with Crippen LogP contribution in [0.5, 0.6) is 0 Å². The molecule has 0 aromatic carbocycles. The first kappa shape index (κ1) is 8.66. The van der Waals surface area contributed by atoms with Crippen molar-refractivity contribution in [2.24, 2.45) is 0 Å². The number of aromatic amines is 1. The highest BCUT2D eigenvalue weighted by atomic mass is 16.6. The van der Waals surface area contributed by atoms with E-state index < -0.39 is 11.0 Å². The lowest BCUT2D eigenvalue weighted by Crippen LogP contribution is -2.04. The molecule has 0 saturated heterocycles. The van der Waals surface area contributed by atoms with E-state index in [1.54, 1.807) is 6.92 Å². The van der Waals surface area contributed by atoms with E-state index >= 15 is 0 Å². The van der Waals surface area contributed by atoms with Crippen molar-refractivity contribution < 1.29 is 10.0 Å². The largest absolute Gasteiger partial charge is 0.393 e. The van der Waals surface area contributed by atoms with E-state index in [1.165, 1.54) is 6.07 Å². The van der Waals surface area contributed by atoms with Crippen LogP contribution < -0.4 is 0 Å². The van der Waals surface area contributed by atoms with E-state index in [2.05, 4.69) is 10.2 Å². The van der Waals surface area contributed by atoms with Crippen LogP contribution in [0.3, 0.4) is 0 Å². The van der Waals surface area contributed by atoms with Gasteiger partial charge in [-0.05, 0) is 11.8 Å². The summed E-state index contributed by atoms with van der Waals surface area (Å²) in [6, 6.07) is 1.31. The molecule has 1 aromatic heterocycles. The fourth-order valence-corrected chi connectivity index (χ4v) is 0.852. The third kappa shape index (κ3) is 2.03. The minimum atomic E-state index is -0.557. The van der Waals surface area contributed by atoms with Crippen LogP contribution in [0, 0.1) is 10.1 Å². The summed E-state index contributed by atoms with van der Waals surface area (Å²) in [6.45, 7) is 1.60. The Morgan fingerprint density at radius 1 is 1.92 bits per heavy atom. The maximum absolute atomic E-state index is 10.2. The maximum Gasteiger partial charge on any atom is 0.342 e. The van der Waals surface area contributed by atoms with Gasteiger partial charge in [0, 0.05) is 6.42 Å². The fraction of sp³-hybridized carbons (Fsp3) is 0.500. The summed E-state index contributed by atoms with van der Waals surface area (Å²) in [6.07, 6.45) is -0.211. The van der Waals surface area contributed by atoms with Crippen LogP contribution in [-0.2, 0) is 6.42 Å². The molecule has 6 nitrogen and oxygen atoms in total. The van der Waals surface area contributed by atoms with Crippen molar-refractivity contribution in [3.05, 3.63) is 21.9 Å². The summed E-state index contributed by atoms with van der Waals surface area (Å²) in [7, 11) is 0. The van der Waals surface area contributed by atoms with E-state index in [9.17, 15) is 10.1 Å². The van der Waals surface area contributed by atoms with Gasteiger partial charge in [-0.3, -0.25) is 0 Å². The molecule has 1 unspecified atom stereocenters. The molecular weight excluding hydrogens is 162 g/mol. The van der Waals surface area contributed by atoms with Gasteiger partial charge >= 0.3 is 5.82 Å². The Balaban J connectivity index is 2.71. The molecule has 1 rings (SSSR count). The van der Waals surface area contributed by atoms with Crippen molar-refractivity contribution in [2.75, 3.05) is 0 Å². The summed E-state index contributed by atoms with van der Waals surface area (Å²) < 4.78 is 0. The molecule has 0 aliphatic rings. The Bertz CT molecular complexity index is 281. The summed E-state index contributed by atoms with van der Waals surface area (Å²) in [4.78, 5) is 9.61. The zero-order valence-electron chi connectivity index (χ0n) is 6.52. The van der Waals surface area contributed by atoms with E-state index in [-0.39, 0.29) is 5.82 Å². The predicted molar refractivity (Wildman–Crippen MR) is 40.6 cm³/mol. The average Bonchev–Trinajstić information content (AvgIpc) is 2.34. The molecular formula is C6H9N3O3. The number of aliphatic hydroxyl groups excluding tert-OH is 1. The monoisotopic (exact) mass is 171 g/mol. The second kappa shape index (κ2) is 3.31. The smallest absolute Gasteiger partial charge is 0.342 e. The number of nitrogens with one attached hydrogen (secondary N) is 1. The molecule has 0 amide bonds. The Hall–Kier alpha value is -1.43. The van der Waals surface area contributed by atoms with E-state index in [4.69, 9.17) is 5.11 Å². The first-order valence-electron chi connectivity index (χ1n) is 3.46. The molecule has 0 bridgehead atoms. The molecule has 0 radical (unpaired) electrons. The average molecular weight is 171 g/mol. The van der Waals surface area contributed by atoms with Gasteiger partial charge in [-0.2, -0.15) is 0 Å². The van der Waals surface area contributed by atoms with Gasteiger partial charge in [-0.15, -0.1) is 5.10 Å². The first-order chi connectivity index (χ1) is 5.59. The molecule has 1 aromatic rings. The zero-order chi connectivity index (χ0) is 9.14. The zero-order valence-corrected chi connectivity index (χ0v) is 6.52. The van der Waals surface area contributed by atoms with Gasteiger partial charge in [-0.1, -0.05) is 5.10 Å². The number of rotatable bonds is 3. The second-order valence-corrected chi connectivity index (χ2v) is 2.55. The SMILES string of the molecule is CC(O)Cc1cc([N+](=O)[O-])[nH]n1. The van der Waals surface area contributed by atoms with Crippen LogP contribution in [0.15, 0.2) is 6.07 Å². The number of nitrogens with zero attached hydrogens (tertiary/aromatic N) is 2. The van der Waals surface area contributed by atoms with Crippen molar-refractivity contribution in [3.63, 3.8) is 0 Å². The summed E-state index contributed by atoms with van der Waals surface area (Å²) in [5.41, 5.74) is 0.497. The summed E-state index contributed by atoms with van der Waals surface area (Å²) in [5.74, 6) is -0.148.